The van der Waals surface area contributed by atoms with E-state index in [1.807, 2.05) is 30.3 Å². The van der Waals surface area contributed by atoms with Crippen molar-refractivity contribution in [2.45, 2.75) is 6.92 Å². The van der Waals surface area contributed by atoms with E-state index in [-0.39, 0.29) is 12.3 Å². The van der Waals surface area contributed by atoms with Crippen LogP contribution in [0.3, 0.4) is 0 Å². The van der Waals surface area contributed by atoms with Crippen molar-refractivity contribution in [2.24, 2.45) is 4.99 Å². The van der Waals surface area contributed by atoms with Gasteiger partial charge in [-0.1, -0.05) is 30.3 Å². The molecule has 0 amide bonds. The zero-order valence-corrected chi connectivity index (χ0v) is 10.5. The van der Waals surface area contributed by atoms with Crippen LogP contribution in [-0.2, 0) is 9.59 Å². The van der Waals surface area contributed by atoms with Crippen molar-refractivity contribution in [1.29, 1.82) is 0 Å². The van der Waals surface area contributed by atoms with Gasteiger partial charge < -0.3 is 4.90 Å². The average molecular weight is 244 g/mol. The molecule has 0 spiro atoms. The van der Waals surface area contributed by atoms with Gasteiger partial charge in [-0.25, -0.2) is 4.99 Å². The Bertz CT molecular complexity index is 464. The van der Waals surface area contributed by atoms with Crippen LogP contribution in [0.25, 0.3) is 0 Å². The number of aldehydes is 1. The second-order valence-corrected chi connectivity index (χ2v) is 3.85. The second-order valence-electron chi connectivity index (χ2n) is 3.85. The summed E-state index contributed by atoms with van der Waals surface area (Å²) in [5, 5.41) is 0. The van der Waals surface area contributed by atoms with Crippen molar-refractivity contribution in [1.82, 2.24) is 4.90 Å². The number of carbonyl (C=O) groups is 2. The predicted molar refractivity (Wildman–Crippen MR) is 71.5 cm³/mol. The first-order valence-corrected chi connectivity index (χ1v) is 5.59. The number of Topliss-reactive ketones (excluding diaryl/α,β-unsaturated/α-hetero) is 1. The summed E-state index contributed by atoms with van der Waals surface area (Å²) >= 11 is 0. The summed E-state index contributed by atoms with van der Waals surface area (Å²) in [7, 11) is 1.79. The summed E-state index contributed by atoms with van der Waals surface area (Å²) in [6, 6.07) is 9.52. The van der Waals surface area contributed by atoms with Gasteiger partial charge in [0.1, 0.15) is 17.9 Å². The number of amidine groups is 1. The maximum atomic E-state index is 11.1. The predicted octanol–water partition coefficient (Wildman–Crippen LogP) is 1.67. The fraction of sp³-hybridized carbons (Fsp3) is 0.214. The molecule has 0 aliphatic carbocycles. The van der Waals surface area contributed by atoms with Crippen LogP contribution in [0.5, 0.6) is 0 Å². The zero-order chi connectivity index (χ0) is 13.4. The van der Waals surface area contributed by atoms with Crippen LogP contribution in [0.4, 0.5) is 0 Å². The molecule has 0 aromatic heterocycles. The van der Waals surface area contributed by atoms with Gasteiger partial charge in [0.05, 0.1) is 6.54 Å². The van der Waals surface area contributed by atoms with Crippen molar-refractivity contribution in [3.05, 3.63) is 48.2 Å². The van der Waals surface area contributed by atoms with E-state index in [1.54, 1.807) is 11.9 Å². The molecule has 1 aromatic carbocycles. The van der Waals surface area contributed by atoms with E-state index >= 15 is 0 Å². The highest BCUT2D eigenvalue weighted by Gasteiger charge is 2.09. The molecule has 94 valence electrons. The van der Waals surface area contributed by atoms with Crippen LogP contribution in [0, 0.1) is 0 Å². The quantitative estimate of drug-likeness (QED) is 0.342. The molecule has 4 heteroatoms. The van der Waals surface area contributed by atoms with Gasteiger partial charge in [0, 0.05) is 18.8 Å². The molecule has 0 aliphatic rings. The molecule has 0 atom stereocenters. The fourth-order valence-corrected chi connectivity index (χ4v) is 1.54. The number of aliphatic imine (C=N–C) groups is 1. The summed E-state index contributed by atoms with van der Waals surface area (Å²) < 4.78 is 0. The van der Waals surface area contributed by atoms with E-state index in [0.29, 0.717) is 12.1 Å². The van der Waals surface area contributed by atoms with Gasteiger partial charge in [0.25, 0.3) is 0 Å². The molecule has 0 unspecified atom stereocenters. The van der Waals surface area contributed by atoms with Gasteiger partial charge >= 0.3 is 0 Å². The number of carbonyl (C=O) groups excluding carboxylic acids is 2. The third-order valence-electron chi connectivity index (χ3n) is 2.21. The first-order valence-electron chi connectivity index (χ1n) is 5.59. The lowest BCUT2D eigenvalue weighted by Crippen LogP contribution is -2.31. The Morgan fingerprint density at radius 1 is 1.33 bits per heavy atom. The van der Waals surface area contributed by atoms with Crippen molar-refractivity contribution < 1.29 is 9.59 Å². The first-order chi connectivity index (χ1) is 8.65. The molecule has 0 fully saturated rings. The Hall–Kier alpha value is -2.23. The van der Waals surface area contributed by atoms with E-state index < -0.39 is 0 Å². The molecule has 1 aromatic rings. The smallest absolute Gasteiger partial charge is 0.149 e. The van der Waals surface area contributed by atoms with Crippen LogP contribution in [-0.4, -0.2) is 36.4 Å². The lowest BCUT2D eigenvalue weighted by atomic mass is 10.2. The summed E-state index contributed by atoms with van der Waals surface area (Å²) in [4.78, 5) is 27.4. The van der Waals surface area contributed by atoms with E-state index in [2.05, 4.69) is 4.99 Å². The molecule has 4 nitrogen and oxygen atoms in total. The Morgan fingerprint density at radius 3 is 2.56 bits per heavy atom. The molecule has 0 heterocycles. The number of hydrogen-bond donors (Lipinski definition) is 0. The maximum Gasteiger partial charge on any atom is 0.149 e. The van der Waals surface area contributed by atoms with E-state index in [0.717, 1.165) is 5.56 Å². The summed E-state index contributed by atoms with van der Waals surface area (Å²) in [6.07, 6.45) is 3.40. The minimum absolute atomic E-state index is 0.0560. The van der Waals surface area contributed by atoms with Crippen LogP contribution < -0.4 is 0 Å². The van der Waals surface area contributed by atoms with Crippen LogP contribution in [0.15, 0.2) is 47.6 Å². The average Bonchev–Trinajstić information content (AvgIpc) is 2.35. The molecule has 0 aliphatic heterocycles. The van der Waals surface area contributed by atoms with Gasteiger partial charge in [-0.05, 0) is 13.0 Å². The lowest BCUT2D eigenvalue weighted by Gasteiger charge is -2.19. The van der Waals surface area contributed by atoms with E-state index in [1.165, 1.54) is 19.2 Å². The van der Waals surface area contributed by atoms with Crippen molar-refractivity contribution >= 4 is 17.9 Å². The molecule has 0 radical (unpaired) electrons. The van der Waals surface area contributed by atoms with E-state index in [4.69, 9.17) is 0 Å². The molecular formula is C14H16N2O2. The first kappa shape index (κ1) is 13.8. The fourth-order valence-electron chi connectivity index (χ4n) is 1.54. The summed E-state index contributed by atoms with van der Waals surface area (Å²) in [5.41, 5.74) is 0.900. The summed E-state index contributed by atoms with van der Waals surface area (Å²) in [5.74, 6) is 0.712. The van der Waals surface area contributed by atoms with Gasteiger partial charge in [-0.2, -0.15) is 0 Å². The zero-order valence-electron chi connectivity index (χ0n) is 10.5. The van der Waals surface area contributed by atoms with Gasteiger partial charge in [0.15, 0.2) is 0 Å². The highest BCUT2D eigenvalue weighted by molar-refractivity contribution is 6.00. The number of rotatable bonds is 5. The van der Waals surface area contributed by atoms with E-state index in [9.17, 15) is 9.59 Å². The molecule has 0 saturated heterocycles. The Balaban J connectivity index is 3.02. The van der Waals surface area contributed by atoms with Crippen LogP contribution in [0.2, 0.25) is 0 Å². The maximum absolute atomic E-state index is 11.1. The van der Waals surface area contributed by atoms with Gasteiger partial charge in [-0.15, -0.1) is 0 Å². The number of benzene rings is 1. The lowest BCUT2D eigenvalue weighted by molar-refractivity contribution is -0.117. The van der Waals surface area contributed by atoms with Crippen LogP contribution >= 0.6 is 0 Å². The number of likely N-dealkylation sites (N-methyl/N-ethyl adjacent to an activating group) is 1. The largest absolute Gasteiger partial charge is 0.352 e. The SMILES string of the molecule is CC(=O)CN(C)C(=N/C=C\C=O)c1ccccc1. The van der Waals surface area contributed by atoms with Gasteiger partial charge in [-0.3, -0.25) is 9.59 Å². The third kappa shape index (κ3) is 4.33. The minimum atomic E-state index is 0.0560. The molecule has 18 heavy (non-hydrogen) atoms. The minimum Gasteiger partial charge on any atom is -0.352 e. The number of nitrogens with zero attached hydrogens (tertiary/aromatic N) is 2. The highest BCUT2D eigenvalue weighted by Crippen LogP contribution is 2.05. The Labute approximate surface area is 107 Å². The monoisotopic (exact) mass is 244 g/mol. The summed E-state index contributed by atoms with van der Waals surface area (Å²) in [6.45, 7) is 1.81. The molecule has 0 bridgehead atoms. The Morgan fingerprint density at radius 2 is 2.00 bits per heavy atom. The molecule has 0 N–H and O–H groups in total. The van der Waals surface area contributed by atoms with Gasteiger partial charge in [0.2, 0.25) is 0 Å². The molecular weight excluding hydrogens is 228 g/mol. The normalized spacial score (nSPS) is 11.6. The van der Waals surface area contributed by atoms with Crippen LogP contribution in [0.1, 0.15) is 12.5 Å². The molecule has 1 rings (SSSR count). The highest BCUT2D eigenvalue weighted by atomic mass is 16.1. The molecule has 0 saturated carbocycles. The number of allylic oxidation sites excluding steroid dienone is 1. The van der Waals surface area contributed by atoms with Crippen molar-refractivity contribution in [2.75, 3.05) is 13.6 Å². The number of ketones is 1. The Kier molecular flexibility index (Phi) is 5.51. The standard InChI is InChI=1S/C14H16N2O2/c1-12(18)11-16(2)14(15-9-6-10-17)13-7-4-3-5-8-13/h3-10H,11H2,1-2H3/b9-6-,15-14?. The van der Waals surface area contributed by atoms with Crippen molar-refractivity contribution in [3.8, 4) is 0 Å². The van der Waals surface area contributed by atoms with Crippen molar-refractivity contribution in [3.63, 3.8) is 0 Å². The second kappa shape index (κ2) is 7.17. The topological polar surface area (TPSA) is 49.7 Å². The third-order valence-corrected chi connectivity index (χ3v) is 2.21. The number of hydrogen-bond acceptors (Lipinski definition) is 3.